The molecule has 3 nitrogen and oxygen atoms in total. The van der Waals surface area contributed by atoms with Crippen LogP contribution in [0.1, 0.15) is 44.2 Å². The first-order chi connectivity index (χ1) is 9.78. The fourth-order valence-corrected chi connectivity index (χ4v) is 3.61. The Balaban J connectivity index is 1.71. The fraction of sp³-hybridized carbons (Fsp3) is 0.647. The largest absolute Gasteiger partial charge is 0.370 e. The molecule has 2 saturated heterocycles. The third-order valence-electron chi connectivity index (χ3n) is 4.93. The smallest absolute Gasteiger partial charge is 0.0366 e. The summed E-state index contributed by atoms with van der Waals surface area (Å²) < 4.78 is 0. The summed E-state index contributed by atoms with van der Waals surface area (Å²) >= 11 is 0. The Morgan fingerprint density at radius 3 is 2.65 bits per heavy atom. The van der Waals surface area contributed by atoms with Gasteiger partial charge >= 0.3 is 0 Å². The maximum Gasteiger partial charge on any atom is 0.0366 e. The van der Waals surface area contributed by atoms with Gasteiger partial charge in [0.25, 0.3) is 0 Å². The van der Waals surface area contributed by atoms with E-state index in [1.165, 1.54) is 56.7 Å². The van der Waals surface area contributed by atoms with E-state index in [9.17, 15) is 0 Å². The number of nitrogens with zero attached hydrogens (tertiary/aromatic N) is 2. The zero-order valence-electron chi connectivity index (χ0n) is 12.6. The summed E-state index contributed by atoms with van der Waals surface area (Å²) in [7, 11) is 0. The van der Waals surface area contributed by atoms with Crippen molar-refractivity contribution in [2.75, 3.05) is 31.1 Å². The van der Waals surface area contributed by atoms with Crippen LogP contribution in [0.15, 0.2) is 24.3 Å². The maximum absolute atomic E-state index is 6.10. The molecule has 3 rings (SSSR count). The Labute approximate surface area is 122 Å². The highest BCUT2D eigenvalue weighted by atomic mass is 15.3. The molecule has 0 aliphatic carbocycles. The molecule has 2 atom stereocenters. The molecule has 0 saturated carbocycles. The SMILES string of the molecule is CCC(N)c1ccc(N2CCCN3CCCC3C2)cc1. The summed E-state index contributed by atoms with van der Waals surface area (Å²) in [5.74, 6) is 0. The molecule has 0 aromatic heterocycles. The van der Waals surface area contributed by atoms with Crippen LogP contribution in [0.4, 0.5) is 5.69 Å². The van der Waals surface area contributed by atoms with Crippen LogP contribution in [-0.4, -0.2) is 37.1 Å². The summed E-state index contributed by atoms with van der Waals surface area (Å²) in [6.45, 7) is 7.11. The van der Waals surface area contributed by atoms with Gasteiger partial charge in [-0.2, -0.15) is 0 Å². The standard InChI is InChI=1S/C17H27N3/c1-2-17(18)14-6-8-15(9-7-14)20-12-4-11-19-10-3-5-16(19)13-20/h6-9,16-17H,2-5,10-13,18H2,1H3. The van der Waals surface area contributed by atoms with Gasteiger partial charge in [0.15, 0.2) is 0 Å². The van der Waals surface area contributed by atoms with Crippen molar-refractivity contribution in [1.82, 2.24) is 4.90 Å². The predicted octanol–water partition coefficient (Wildman–Crippen LogP) is 2.77. The second kappa shape index (κ2) is 6.15. The van der Waals surface area contributed by atoms with Gasteiger partial charge in [-0.1, -0.05) is 19.1 Å². The fourth-order valence-electron chi connectivity index (χ4n) is 3.61. The molecular formula is C17H27N3. The number of nitrogens with two attached hydrogens (primary N) is 1. The minimum absolute atomic E-state index is 0.179. The molecule has 0 amide bonds. The van der Waals surface area contributed by atoms with Crippen LogP contribution in [-0.2, 0) is 0 Å². The molecule has 0 bridgehead atoms. The lowest BCUT2D eigenvalue weighted by atomic mass is 10.0. The zero-order valence-corrected chi connectivity index (χ0v) is 12.6. The molecular weight excluding hydrogens is 246 g/mol. The molecule has 2 heterocycles. The maximum atomic E-state index is 6.10. The van der Waals surface area contributed by atoms with E-state index in [1.807, 2.05) is 0 Å². The van der Waals surface area contributed by atoms with Crippen molar-refractivity contribution >= 4 is 5.69 Å². The van der Waals surface area contributed by atoms with Crippen molar-refractivity contribution in [3.63, 3.8) is 0 Å². The van der Waals surface area contributed by atoms with E-state index >= 15 is 0 Å². The average Bonchev–Trinajstić information content (AvgIpc) is 2.83. The lowest BCUT2D eigenvalue weighted by Gasteiger charge is -2.27. The molecule has 2 fully saturated rings. The van der Waals surface area contributed by atoms with Crippen molar-refractivity contribution in [3.8, 4) is 0 Å². The van der Waals surface area contributed by atoms with Crippen LogP contribution in [0.25, 0.3) is 0 Å². The molecule has 2 N–H and O–H groups in total. The van der Waals surface area contributed by atoms with E-state index < -0.39 is 0 Å². The molecule has 3 heteroatoms. The average molecular weight is 273 g/mol. The molecule has 1 aromatic rings. The summed E-state index contributed by atoms with van der Waals surface area (Å²) in [6, 6.07) is 9.89. The molecule has 0 spiro atoms. The second-order valence-corrected chi connectivity index (χ2v) is 6.24. The van der Waals surface area contributed by atoms with Crippen molar-refractivity contribution in [1.29, 1.82) is 0 Å². The Morgan fingerprint density at radius 1 is 1.15 bits per heavy atom. The first-order valence-electron chi connectivity index (χ1n) is 8.12. The molecule has 2 unspecified atom stereocenters. The van der Waals surface area contributed by atoms with Crippen LogP contribution in [0.2, 0.25) is 0 Å². The molecule has 2 aliphatic rings. The van der Waals surface area contributed by atoms with Gasteiger partial charge in [0.05, 0.1) is 0 Å². The number of anilines is 1. The lowest BCUT2D eigenvalue weighted by Crippen LogP contribution is -2.36. The van der Waals surface area contributed by atoms with Crippen LogP contribution >= 0.6 is 0 Å². The third-order valence-corrected chi connectivity index (χ3v) is 4.93. The monoisotopic (exact) mass is 273 g/mol. The highest BCUT2D eigenvalue weighted by molar-refractivity contribution is 5.48. The summed E-state index contributed by atoms with van der Waals surface area (Å²) in [5.41, 5.74) is 8.72. The van der Waals surface area contributed by atoms with E-state index in [1.54, 1.807) is 0 Å². The highest BCUT2D eigenvalue weighted by Gasteiger charge is 2.28. The van der Waals surface area contributed by atoms with Gasteiger partial charge in [0.1, 0.15) is 0 Å². The van der Waals surface area contributed by atoms with Crippen molar-refractivity contribution in [3.05, 3.63) is 29.8 Å². The molecule has 20 heavy (non-hydrogen) atoms. The second-order valence-electron chi connectivity index (χ2n) is 6.24. The number of hydrogen-bond acceptors (Lipinski definition) is 3. The number of hydrogen-bond donors (Lipinski definition) is 1. The molecule has 110 valence electrons. The van der Waals surface area contributed by atoms with Crippen LogP contribution in [0.3, 0.4) is 0 Å². The topological polar surface area (TPSA) is 32.5 Å². The van der Waals surface area contributed by atoms with E-state index in [4.69, 9.17) is 5.73 Å². The van der Waals surface area contributed by atoms with Gasteiger partial charge in [-0.3, -0.25) is 4.90 Å². The van der Waals surface area contributed by atoms with Crippen molar-refractivity contribution in [2.24, 2.45) is 5.73 Å². The van der Waals surface area contributed by atoms with Gasteiger partial charge in [-0.15, -0.1) is 0 Å². The van der Waals surface area contributed by atoms with E-state index in [2.05, 4.69) is 41.0 Å². The van der Waals surface area contributed by atoms with Gasteiger partial charge in [-0.25, -0.2) is 0 Å². The first kappa shape index (κ1) is 13.9. The molecule has 2 aliphatic heterocycles. The molecule has 0 radical (unpaired) electrons. The Bertz CT molecular complexity index is 428. The lowest BCUT2D eigenvalue weighted by molar-refractivity contribution is 0.273. The van der Waals surface area contributed by atoms with Crippen LogP contribution in [0.5, 0.6) is 0 Å². The number of rotatable bonds is 3. The minimum Gasteiger partial charge on any atom is -0.370 e. The Hall–Kier alpha value is -1.06. The third kappa shape index (κ3) is 2.84. The summed E-state index contributed by atoms with van der Waals surface area (Å²) in [4.78, 5) is 5.25. The first-order valence-corrected chi connectivity index (χ1v) is 8.12. The van der Waals surface area contributed by atoms with Gasteiger partial charge < -0.3 is 10.6 Å². The highest BCUT2D eigenvalue weighted by Crippen LogP contribution is 2.26. The van der Waals surface area contributed by atoms with Gasteiger partial charge in [0.2, 0.25) is 0 Å². The quantitative estimate of drug-likeness (QED) is 0.919. The summed E-state index contributed by atoms with van der Waals surface area (Å²) in [6.07, 6.45) is 5.03. The Kier molecular flexibility index (Phi) is 4.27. The van der Waals surface area contributed by atoms with Gasteiger partial charge in [-0.05, 0) is 49.9 Å². The zero-order chi connectivity index (χ0) is 13.9. The number of benzene rings is 1. The predicted molar refractivity (Wildman–Crippen MR) is 85.1 cm³/mol. The van der Waals surface area contributed by atoms with E-state index in [0.29, 0.717) is 0 Å². The van der Waals surface area contributed by atoms with E-state index in [0.717, 1.165) is 12.5 Å². The summed E-state index contributed by atoms with van der Waals surface area (Å²) in [5, 5.41) is 0. The Morgan fingerprint density at radius 2 is 1.90 bits per heavy atom. The molecule has 1 aromatic carbocycles. The van der Waals surface area contributed by atoms with E-state index in [-0.39, 0.29) is 6.04 Å². The van der Waals surface area contributed by atoms with Crippen LogP contribution < -0.4 is 10.6 Å². The minimum atomic E-state index is 0.179. The normalized spacial score (nSPS) is 25.3. The van der Waals surface area contributed by atoms with Crippen LogP contribution in [0, 0.1) is 0 Å². The van der Waals surface area contributed by atoms with Crippen molar-refractivity contribution < 1.29 is 0 Å². The number of fused-ring (bicyclic) bond motifs is 1. The van der Waals surface area contributed by atoms with Crippen molar-refractivity contribution in [2.45, 2.75) is 44.7 Å². The van der Waals surface area contributed by atoms with Gasteiger partial charge in [0, 0.05) is 37.4 Å².